The van der Waals surface area contributed by atoms with Gasteiger partial charge in [-0.1, -0.05) is 19.1 Å². The van der Waals surface area contributed by atoms with Crippen molar-refractivity contribution in [2.45, 2.75) is 13.3 Å². The van der Waals surface area contributed by atoms with Crippen molar-refractivity contribution in [2.24, 2.45) is 0 Å². The van der Waals surface area contributed by atoms with E-state index in [9.17, 15) is 0 Å². The van der Waals surface area contributed by atoms with Gasteiger partial charge in [0.05, 0.1) is 5.69 Å². The van der Waals surface area contributed by atoms with Gasteiger partial charge in [-0.2, -0.15) is 0 Å². The van der Waals surface area contributed by atoms with Crippen molar-refractivity contribution in [1.82, 2.24) is 0 Å². The van der Waals surface area contributed by atoms with E-state index in [4.69, 9.17) is 5.73 Å². The second-order valence-electron chi connectivity index (χ2n) is 3.92. The zero-order valence-electron chi connectivity index (χ0n) is 9.70. The monoisotopic (exact) mass is 338 g/mol. The van der Waals surface area contributed by atoms with E-state index < -0.39 is 0 Å². The standard InChI is InChI=1S/C14H15IN2/c1-2-10-4-3-5-12(8-10)17-14-7-6-11(16)9-13(14)15/h3-9,17H,2,16H2,1H3. The largest absolute Gasteiger partial charge is 0.399 e. The Morgan fingerprint density at radius 3 is 2.71 bits per heavy atom. The predicted octanol–water partition coefficient (Wildman–Crippen LogP) is 4.18. The van der Waals surface area contributed by atoms with Gasteiger partial charge >= 0.3 is 0 Å². The van der Waals surface area contributed by atoms with Crippen LogP contribution >= 0.6 is 22.6 Å². The fourth-order valence-electron chi connectivity index (χ4n) is 1.66. The quantitative estimate of drug-likeness (QED) is 0.651. The van der Waals surface area contributed by atoms with Gasteiger partial charge in [-0.15, -0.1) is 0 Å². The van der Waals surface area contributed by atoms with Crippen LogP contribution in [0.3, 0.4) is 0 Å². The Labute approximate surface area is 115 Å². The zero-order chi connectivity index (χ0) is 12.3. The molecule has 0 unspecified atom stereocenters. The number of nitrogens with one attached hydrogen (secondary N) is 1. The third kappa shape index (κ3) is 3.12. The van der Waals surface area contributed by atoms with Crippen molar-refractivity contribution in [3.8, 4) is 0 Å². The first-order chi connectivity index (χ1) is 8.19. The molecule has 0 atom stereocenters. The van der Waals surface area contributed by atoms with Crippen LogP contribution in [0.1, 0.15) is 12.5 Å². The van der Waals surface area contributed by atoms with E-state index in [0.29, 0.717) is 0 Å². The van der Waals surface area contributed by atoms with Crippen LogP contribution in [-0.4, -0.2) is 0 Å². The molecule has 0 radical (unpaired) electrons. The summed E-state index contributed by atoms with van der Waals surface area (Å²) < 4.78 is 1.13. The highest BCUT2D eigenvalue weighted by Gasteiger charge is 2.01. The van der Waals surface area contributed by atoms with Crippen LogP contribution in [0.2, 0.25) is 0 Å². The van der Waals surface area contributed by atoms with Crippen LogP contribution in [0.5, 0.6) is 0 Å². The fourth-order valence-corrected chi connectivity index (χ4v) is 2.33. The Hall–Kier alpha value is -1.23. The van der Waals surface area contributed by atoms with Gasteiger partial charge < -0.3 is 11.1 Å². The third-order valence-electron chi connectivity index (χ3n) is 2.61. The van der Waals surface area contributed by atoms with E-state index in [-0.39, 0.29) is 0 Å². The second-order valence-corrected chi connectivity index (χ2v) is 5.08. The summed E-state index contributed by atoms with van der Waals surface area (Å²) in [5.74, 6) is 0. The molecule has 3 heteroatoms. The number of rotatable bonds is 3. The summed E-state index contributed by atoms with van der Waals surface area (Å²) in [5, 5.41) is 3.41. The molecule has 0 aliphatic heterocycles. The molecular formula is C14H15IN2. The number of benzene rings is 2. The van der Waals surface area contributed by atoms with Crippen molar-refractivity contribution in [2.75, 3.05) is 11.1 Å². The molecule has 0 aliphatic carbocycles. The first-order valence-electron chi connectivity index (χ1n) is 5.60. The van der Waals surface area contributed by atoms with Crippen molar-refractivity contribution in [1.29, 1.82) is 0 Å². The molecular weight excluding hydrogens is 323 g/mol. The summed E-state index contributed by atoms with van der Waals surface area (Å²) in [6, 6.07) is 14.3. The average molecular weight is 338 g/mol. The van der Waals surface area contributed by atoms with Gasteiger partial charge in [0.15, 0.2) is 0 Å². The lowest BCUT2D eigenvalue weighted by molar-refractivity contribution is 1.14. The van der Waals surface area contributed by atoms with Crippen molar-refractivity contribution in [3.63, 3.8) is 0 Å². The van der Waals surface area contributed by atoms with Gasteiger partial charge in [0.2, 0.25) is 0 Å². The van der Waals surface area contributed by atoms with Crippen molar-refractivity contribution >= 4 is 39.7 Å². The van der Waals surface area contributed by atoms with Gasteiger partial charge in [0, 0.05) is 14.9 Å². The molecule has 0 heterocycles. The molecule has 0 saturated carbocycles. The van der Waals surface area contributed by atoms with Crippen LogP contribution < -0.4 is 11.1 Å². The predicted molar refractivity (Wildman–Crippen MR) is 82.7 cm³/mol. The Bertz CT molecular complexity index is 523. The van der Waals surface area contributed by atoms with Crippen molar-refractivity contribution < 1.29 is 0 Å². The maximum Gasteiger partial charge on any atom is 0.0521 e. The maximum absolute atomic E-state index is 5.73. The SMILES string of the molecule is CCc1cccc(Nc2ccc(N)cc2I)c1. The first-order valence-corrected chi connectivity index (χ1v) is 6.68. The van der Waals surface area contributed by atoms with E-state index in [1.807, 2.05) is 18.2 Å². The average Bonchev–Trinajstić information content (AvgIpc) is 2.33. The van der Waals surface area contributed by atoms with Crippen molar-refractivity contribution in [3.05, 3.63) is 51.6 Å². The number of halogens is 1. The molecule has 2 aromatic carbocycles. The second kappa shape index (κ2) is 5.40. The number of nitrogen functional groups attached to an aromatic ring is 1. The zero-order valence-corrected chi connectivity index (χ0v) is 11.9. The molecule has 2 nitrogen and oxygen atoms in total. The van der Waals surface area contributed by atoms with Crippen LogP contribution in [0.4, 0.5) is 17.1 Å². The molecule has 2 rings (SSSR count). The van der Waals surface area contributed by atoms with Gasteiger partial charge in [-0.05, 0) is 64.9 Å². The number of aryl methyl sites for hydroxylation is 1. The van der Waals surface area contributed by atoms with Gasteiger partial charge in [-0.25, -0.2) is 0 Å². The van der Waals surface area contributed by atoms with Crippen LogP contribution in [-0.2, 0) is 6.42 Å². The number of hydrogen-bond donors (Lipinski definition) is 2. The van der Waals surface area contributed by atoms with Crippen LogP contribution in [0.15, 0.2) is 42.5 Å². The third-order valence-corrected chi connectivity index (χ3v) is 3.50. The Kier molecular flexibility index (Phi) is 3.89. The summed E-state index contributed by atoms with van der Waals surface area (Å²) >= 11 is 2.29. The minimum absolute atomic E-state index is 0.794. The smallest absolute Gasteiger partial charge is 0.0521 e. The number of hydrogen-bond acceptors (Lipinski definition) is 2. The number of anilines is 3. The van der Waals surface area contributed by atoms with E-state index in [0.717, 1.165) is 27.1 Å². The Morgan fingerprint density at radius 2 is 2.00 bits per heavy atom. The van der Waals surface area contributed by atoms with E-state index >= 15 is 0 Å². The minimum atomic E-state index is 0.794. The van der Waals surface area contributed by atoms with Gasteiger partial charge in [0.1, 0.15) is 0 Å². The molecule has 2 aromatic rings. The Balaban J connectivity index is 2.25. The molecule has 0 spiro atoms. The molecule has 88 valence electrons. The molecule has 0 amide bonds. The van der Waals surface area contributed by atoms with Crippen LogP contribution in [0, 0.1) is 3.57 Å². The molecule has 0 fully saturated rings. The molecule has 3 N–H and O–H groups in total. The molecule has 0 aliphatic rings. The highest BCUT2D eigenvalue weighted by Crippen LogP contribution is 2.25. The lowest BCUT2D eigenvalue weighted by atomic mass is 10.1. The summed E-state index contributed by atoms with van der Waals surface area (Å²) in [6.07, 6.45) is 1.05. The normalized spacial score (nSPS) is 10.2. The lowest BCUT2D eigenvalue weighted by Crippen LogP contribution is -1.95. The van der Waals surface area contributed by atoms with E-state index in [1.165, 1.54) is 5.56 Å². The molecule has 0 saturated heterocycles. The highest BCUT2D eigenvalue weighted by molar-refractivity contribution is 14.1. The first kappa shape index (κ1) is 12.2. The number of nitrogens with two attached hydrogens (primary N) is 1. The lowest BCUT2D eigenvalue weighted by Gasteiger charge is -2.10. The summed E-state index contributed by atoms with van der Waals surface area (Å²) in [6.45, 7) is 2.16. The summed E-state index contributed by atoms with van der Waals surface area (Å²) in [4.78, 5) is 0. The van der Waals surface area contributed by atoms with Crippen LogP contribution in [0.25, 0.3) is 0 Å². The highest BCUT2D eigenvalue weighted by atomic mass is 127. The van der Waals surface area contributed by atoms with Gasteiger partial charge in [-0.3, -0.25) is 0 Å². The molecule has 17 heavy (non-hydrogen) atoms. The van der Waals surface area contributed by atoms with Gasteiger partial charge in [0.25, 0.3) is 0 Å². The summed E-state index contributed by atoms with van der Waals surface area (Å²) in [7, 11) is 0. The maximum atomic E-state index is 5.73. The molecule has 0 bridgehead atoms. The minimum Gasteiger partial charge on any atom is -0.399 e. The topological polar surface area (TPSA) is 38.0 Å². The fraction of sp³-hybridized carbons (Fsp3) is 0.143. The molecule has 0 aromatic heterocycles. The van der Waals surface area contributed by atoms with E-state index in [1.54, 1.807) is 0 Å². The Morgan fingerprint density at radius 1 is 1.18 bits per heavy atom. The summed E-state index contributed by atoms with van der Waals surface area (Å²) in [5.41, 5.74) is 10.1. The van der Waals surface area contributed by atoms with E-state index in [2.05, 4.69) is 59.1 Å².